The minimum atomic E-state index is -0.261. The smallest absolute Gasteiger partial charge is 0.255 e. The monoisotopic (exact) mass is 2140 g/mol. The van der Waals surface area contributed by atoms with Crippen LogP contribution in [0.25, 0.3) is 0 Å². The van der Waals surface area contributed by atoms with Crippen LogP contribution < -0.4 is 66.2 Å². The van der Waals surface area contributed by atoms with E-state index in [4.69, 9.17) is 149 Å². The van der Waals surface area contributed by atoms with E-state index in [1.165, 1.54) is 38.5 Å². The fraction of sp³-hybridized carbons (Fsp3) is 0.342. The number of allylic oxidation sites excluding steroid dienone is 3. The molecule has 0 saturated heterocycles. The standard InChI is InChI=1S/C23H26Cl2N2O2.C23H25Cl2NO3.C22H24Cl2N2O3.C22H23Cl2NO4.C21H22Cl2N2O2/c1-3-4-11-29-22-10-7-17(13-21(22)26-15(2)12-16-5-6-16)23(28)27-18-8-9-19(24)20(25)14-18;1-2-3-11-29-22-10-8-17(14-20(22)26-23(28)16-5-4-6-16)21(27)13-15-7-9-18(24)19(25)12-15;1-14(11-15-3-4-15)25-20-12-16(5-8-21(20)29-10-9-28-2)22(27)26-17-6-7-18(23)19(24)13-17;1-28-9-10-29-21-8-6-16(13-19(21)25-22(27)15-3-2-4-15)20(26)12-14-5-7-17(23)18(24)11-14;1-3-27-20-9-6-15(11-19(20)24-13(2)10-14-4-5-14)21(26)25-16-7-8-17(22)18(23)12-16/h7-10,13-14,16,26H,2-6,11-12H2,1H3,(H,27,28);7-10,12,14,16H,2-6,11,13H2,1H3,(H,26,28);5-8,12-13,15,25H,1,3-4,9-11H2,2H3,(H,26,27);5-8,11,13,15H,2-4,9-10,12H2,1H3,(H,25,27);6-9,11-12,14,24H,2-5,10H2,1H3,(H,25,26). The number of ketones is 2. The summed E-state index contributed by atoms with van der Waals surface area (Å²) in [6.07, 6.45) is 20.4. The third kappa shape index (κ3) is 37.1. The quantitative estimate of drug-likeness (QED) is 0.0130. The number of Topliss-reactive ketones (excluding diaryl/α,β-unsaturated/α-hetero) is 2. The molecule has 0 spiro atoms. The van der Waals surface area contributed by atoms with Gasteiger partial charge < -0.3 is 75.7 Å². The van der Waals surface area contributed by atoms with E-state index in [1.807, 2.05) is 13.0 Å². The second-order valence-electron chi connectivity index (χ2n) is 35.4. The number of ether oxygens (including phenoxy) is 7. The molecule has 8 N–H and O–H groups in total. The maximum atomic E-state index is 12.8. The highest BCUT2D eigenvalue weighted by molar-refractivity contribution is 6.44. The highest BCUT2D eigenvalue weighted by Gasteiger charge is 2.31. The van der Waals surface area contributed by atoms with Crippen molar-refractivity contribution in [1.82, 2.24) is 0 Å². The largest absolute Gasteiger partial charge is 0.492 e. The van der Waals surface area contributed by atoms with Gasteiger partial charge in [-0.1, -0.05) is 187 Å². The Labute approximate surface area is 887 Å². The van der Waals surface area contributed by atoms with Crippen LogP contribution in [-0.2, 0) is 31.9 Å². The lowest BCUT2D eigenvalue weighted by Crippen LogP contribution is -2.28. The molecule has 0 aromatic heterocycles. The zero-order valence-electron chi connectivity index (χ0n) is 80.6. The zero-order valence-corrected chi connectivity index (χ0v) is 88.2. The summed E-state index contributed by atoms with van der Waals surface area (Å²) in [5.41, 5.74) is 11.8. The molecule has 10 aromatic rings. The van der Waals surface area contributed by atoms with Gasteiger partial charge in [0.25, 0.3) is 17.7 Å². The Hall–Kier alpha value is -10.7. The van der Waals surface area contributed by atoms with E-state index in [-0.39, 0.29) is 65.8 Å². The Bertz CT molecular complexity index is 5850. The van der Waals surface area contributed by atoms with E-state index in [9.17, 15) is 33.6 Å². The van der Waals surface area contributed by atoms with Crippen molar-refractivity contribution in [1.29, 1.82) is 0 Å². The van der Waals surface area contributed by atoms with Crippen molar-refractivity contribution in [3.05, 3.63) is 308 Å². The molecule has 0 bridgehead atoms. The van der Waals surface area contributed by atoms with Crippen molar-refractivity contribution >= 4 is 203 Å². The fourth-order valence-electron chi connectivity index (χ4n) is 14.6. The SMILES string of the molecule is C=C(CC1CC1)Nc1cc(C(=O)Nc2ccc(Cl)c(Cl)c2)ccc1OCC.C=C(CC1CC1)Nc1cc(C(=O)Nc2ccc(Cl)c(Cl)c2)ccc1OCCCC.C=C(CC1CC1)Nc1cc(C(=O)Nc2ccc(Cl)c(Cl)c2)ccc1OCCOC.CCCCOc1ccc(C(=O)Cc2ccc(Cl)c(Cl)c2)cc1NC(=O)C1CCC1.COCCOc1ccc(C(=O)Cc2ccc(Cl)c(Cl)c2)cc1NC(=O)C1CCC1. The van der Waals surface area contributed by atoms with Gasteiger partial charge in [0.1, 0.15) is 42.0 Å². The molecular weight excluding hydrogens is 2020 g/mol. The molecule has 22 nitrogen and oxygen atoms in total. The summed E-state index contributed by atoms with van der Waals surface area (Å²) < 4.78 is 39.0. The van der Waals surface area contributed by atoms with Crippen LogP contribution in [0.2, 0.25) is 50.2 Å². The molecule has 5 saturated carbocycles. The molecule has 5 amide bonds. The van der Waals surface area contributed by atoms with E-state index >= 15 is 0 Å². The summed E-state index contributed by atoms with van der Waals surface area (Å²) in [6.45, 7) is 21.9. The third-order valence-electron chi connectivity index (χ3n) is 23.6. The van der Waals surface area contributed by atoms with E-state index in [2.05, 4.69) is 76.1 Å². The Morgan fingerprint density at radius 3 is 0.832 bits per heavy atom. The lowest BCUT2D eigenvalue weighted by Gasteiger charge is -2.24. The molecule has 143 heavy (non-hydrogen) atoms. The molecule has 5 fully saturated rings. The van der Waals surface area contributed by atoms with E-state index in [1.54, 1.807) is 190 Å². The van der Waals surface area contributed by atoms with Crippen LogP contribution >= 0.6 is 116 Å². The Balaban J connectivity index is 0.000000171. The second kappa shape index (κ2) is 57.3. The van der Waals surface area contributed by atoms with Gasteiger partial charge in [0, 0.05) is 101 Å². The van der Waals surface area contributed by atoms with Gasteiger partial charge in [-0.3, -0.25) is 33.6 Å². The van der Waals surface area contributed by atoms with E-state index in [0.717, 1.165) is 141 Å². The molecule has 0 unspecified atom stereocenters. The summed E-state index contributed by atoms with van der Waals surface area (Å²) in [5, 5.41) is 28.5. The van der Waals surface area contributed by atoms with Crippen LogP contribution in [0, 0.1) is 29.6 Å². The number of hydrogen-bond donors (Lipinski definition) is 8. The Morgan fingerprint density at radius 2 is 0.566 bits per heavy atom. The number of carbonyl (C=O) groups is 7. The van der Waals surface area contributed by atoms with Crippen LogP contribution in [0.1, 0.15) is 206 Å². The zero-order chi connectivity index (χ0) is 103. The predicted octanol–water partition coefficient (Wildman–Crippen LogP) is 31.0. The van der Waals surface area contributed by atoms with Crippen LogP contribution in [0.3, 0.4) is 0 Å². The number of anilines is 8. The number of methoxy groups -OCH3 is 2. The highest BCUT2D eigenvalue weighted by Crippen LogP contribution is 2.43. The van der Waals surface area contributed by atoms with Gasteiger partial charge in [-0.05, 0) is 302 Å². The van der Waals surface area contributed by atoms with Crippen molar-refractivity contribution in [2.75, 3.05) is 103 Å². The van der Waals surface area contributed by atoms with Crippen molar-refractivity contribution < 1.29 is 66.7 Å². The number of unbranched alkanes of at least 4 members (excludes halogenated alkanes) is 2. The van der Waals surface area contributed by atoms with Crippen molar-refractivity contribution in [3.8, 4) is 28.7 Å². The maximum Gasteiger partial charge on any atom is 0.255 e. The van der Waals surface area contributed by atoms with Gasteiger partial charge in [0.2, 0.25) is 11.8 Å². The van der Waals surface area contributed by atoms with Crippen molar-refractivity contribution in [3.63, 3.8) is 0 Å². The van der Waals surface area contributed by atoms with Gasteiger partial charge in [0.05, 0.1) is 112 Å². The van der Waals surface area contributed by atoms with Crippen LogP contribution in [0.5, 0.6) is 28.7 Å². The number of carbonyl (C=O) groups excluding carboxylic acids is 7. The Morgan fingerprint density at radius 1 is 0.294 bits per heavy atom. The van der Waals surface area contributed by atoms with Crippen molar-refractivity contribution in [2.24, 2.45) is 29.6 Å². The average molecular weight is 2140 g/mol. The molecule has 10 aromatic carbocycles. The van der Waals surface area contributed by atoms with E-state index < -0.39 is 0 Å². The number of amides is 5. The Kier molecular flexibility index (Phi) is 45.1. The number of hydrogen-bond acceptors (Lipinski definition) is 17. The van der Waals surface area contributed by atoms with Crippen molar-refractivity contribution in [2.45, 2.75) is 156 Å². The summed E-state index contributed by atoms with van der Waals surface area (Å²) in [6, 6.07) is 51.4. The van der Waals surface area contributed by atoms with E-state index in [0.29, 0.717) is 187 Å². The molecule has 0 atom stereocenters. The molecule has 32 heteroatoms. The maximum absolute atomic E-state index is 12.8. The molecule has 15 rings (SSSR count). The third-order valence-corrected chi connectivity index (χ3v) is 27.3. The molecule has 5 aliphatic carbocycles. The number of rotatable bonds is 46. The summed E-state index contributed by atoms with van der Waals surface area (Å²) in [5.74, 6) is 4.45. The average Bonchev–Trinajstić information content (AvgIpc) is 1.76. The van der Waals surface area contributed by atoms with Gasteiger partial charge in [-0.15, -0.1) is 0 Å². The fourth-order valence-corrected chi connectivity index (χ4v) is 16.1. The van der Waals surface area contributed by atoms with Gasteiger partial charge >= 0.3 is 0 Å². The molecule has 758 valence electrons. The van der Waals surface area contributed by atoms with Crippen LogP contribution in [-0.4, -0.2) is 102 Å². The van der Waals surface area contributed by atoms with Crippen LogP contribution in [0.15, 0.2) is 219 Å². The lowest BCUT2D eigenvalue weighted by atomic mass is 9.85. The normalized spacial score (nSPS) is 13.3. The molecule has 0 aliphatic heterocycles. The second-order valence-corrected chi connectivity index (χ2v) is 39.5. The first-order valence-electron chi connectivity index (χ1n) is 47.8. The first kappa shape index (κ1) is 113. The van der Waals surface area contributed by atoms with Gasteiger partial charge in [-0.25, -0.2) is 0 Å². The number of nitrogens with one attached hydrogen (secondary N) is 8. The molecule has 5 aliphatic rings. The topological polar surface area (TPSA) is 280 Å². The highest BCUT2D eigenvalue weighted by atomic mass is 35.5. The first-order chi connectivity index (χ1) is 68.8. The predicted molar refractivity (Wildman–Crippen MR) is 583 cm³/mol. The van der Waals surface area contributed by atoms with Crippen LogP contribution in [0.4, 0.5) is 45.5 Å². The summed E-state index contributed by atoms with van der Waals surface area (Å²) in [4.78, 5) is 88.5. The van der Waals surface area contributed by atoms with Gasteiger partial charge in [0.15, 0.2) is 11.6 Å². The number of halogens is 10. The van der Waals surface area contributed by atoms with Gasteiger partial charge in [-0.2, -0.15) is 0 Å². The minimum absolute atomic E-state index is 0.00864. The summed E-state index contributed by atoms with van der Waals surface area (Å²) >= 11 is 59.8. The molecular formula is C111H120Cl10N8O14. The lowest BCUT2D eigenvalue weighted by molar-refractivity contribution is -0.122. The summed E-state index contributed by atoms with van der Waals surface area (Å²) in [7, 11) is 3.21. The number of benzene rings is 10. The minimum Gasteiger partial charge on any atom is -0.492 e. The molecule has 0 radical (unpaired) electrons. The first-order valence-corrected chi connectivity index (χ1v) is 51.6. The molecule has 0 heterocycles.